The highest BCUT2D eigenvalue weighted by molar-refractivity contribution is 5.89. The first-order chi connectivity index (χ1) is 10.3. The second-order valence-corrected chi connectivity index (χ2v) is 4.55. The number of carbonyl (C=O) groups excluding carboxylic acids is 1. The van der Waals surface area contributed by atoms with Crippen LogP contribution < -0.4 is 0 Å². The highest BCUT2D eigenvalue weighted by Gasteiger charge is 2.10. The molecule has 0 fully saturated rings. The summed E-state index contributed by atoms with van der Waals surface area (Å²) in [6, 6.07) is 15.6. The highest BCUT2D eigenvalue weighted by Crippen LogP contribution is 2.21. The van der Waals surface area contributed by atoms with Crippen molar-refractivity contribution in [3.8, 4) is 11.4 Å². The summed E-state index contributed by atoms with van der Waals surface area (Å²) in [5.41, 5.74) is 1.15. The fourth-order valence-electron chi connectivity index (χ4n) is 2.14. The van der Waals surface area contributed by atoms with E-state index in [1.807, 2.05) is 36.4 Å². The quantitative estimate of drug-likeness (QED) is 0.688. The van der Waals surface area contributed by atoms with Crippen LogP contribution in [0.25, 0.3) is 22.2 Å². The number of hydrogen-bond donors (Lipinski definition) is 0. The molecule has 2 aromatic carbocycles. The molecule has 0 saturated carbocycles. The fourth-order valence-corrected chi connectivity index (χ4v) is 2.14. The maximum atomic E-state index is 11.7. The smallest absolute Gasteiger partial charge is 0.357 e. The normalized spacial score (nSPS) is 10.5. The number of benzene rings is 2. The topological polar surface area (TPSA) is 52.1 Å². The largest absolute Gasteiger partial charge is 0.461 e. The average molecular weight is 278 g/mol. The van der Waals surface area contributed by atoms with Crippen LogP contribution in [-0.4, -0.2) is 22.5 Å². The zero-order chi connectivity index (χ0) is 14.7. The molecule has 0 bridgehead atoms. The van der Waals surface area contributed by atoms with Gasteiger partial charge in [0.05, 0.1) is 6.61 Å². The van der Waals surface area contributed by atoms with Crippen LogP contribution in [0.5, 0.6) is 0 Å². The number of ether oxygens (including phenoxy) is 1. The maximum Gasteiger partial charge on any atom is 0.357 e. The second-order valence-electron chi connectivity index (χ2n) is 4.55. The van der Waals surface area contributed by atoms with Crippen molar-refractivity contribution in [2.45, 2.75) is 6.92 Å². The van der Waals surface area contributed by atoms with Crippen molar-refractivity contribution >= 4 is 16.7 Å². The van der Waals surface area contributed by atoms with Gasteiger partial charge in [0.15, 0.2) is 11.5 Å². The molecule has 0 saturated heterocycles. The van der Waals surface area contributed by atoms with Crippen molar-refractivity contribution in [1.82, 2.24) is 9.97 Å². The van der Waals surface area contributed by atoms with Crippen LogP contribution in [-0.2, 0) is 4.74 Å². The van der Waals surface area contributed by atoms with Crippen molar-refractivity contribution in [3.05, 3.63) is 60.4 Å². The number of aromatic nitrogens is 2. The lowest BCUT2D eigenvalue weighted by Crippen LogP contribution is -2.08. The van der Waals surface area contributed by atoms with E-state index >= 15 is 0 Å². The van der Waals surface area contributed by atoms with Crippen LogP contribution in [0.4, 0.5) is 0 Å². The van der Waals surface area contributed by atoms with Gasteiger partial charge in [-0.3, -0.25) is 0 Å². The molecule has 21 heavy (non-hydrogen) atoms. The number of rotatable bonds is 3. The fraction of sp³-hybridized carbons (Fsp3) is 0.118. The summed E-state index contributed by atoms with van der Waals surface area (Å²) in [7, 11) is 0. The molecule has 0 unspecified atom stereocenters. The van der Waals surface area contributed by atoms with Crippen molar-refractivity contribution < 1.29 is 9.53 Å². The molecular formula is C17H14N2O2. The Morgan fingerprint density at radius 1 is 1.10 bits per heavy atom. The van der Waals surface area contributed by atoms with Gasteiger partial charge in [0.2, 0.25) is 0 Å². The molecule has 0 radical (unpaired) electrons. The van der Waals surface area contributed by atoms with Gasteiger partial charge in [-0.25, -0.2) is 14.8 Å². The lowest BCUT2D eigenvalue weighted by atomic mass is 10.1. The molecule has 3 rings (SSSR count). The first kappa shape index (κ1) is 13.2. The van der Waals surface area contributed by atoms with E-state index in [0.717, 1.165) is 16.3 Å². The van der Waals surface area contributed by atoms with Gasteiger partial charge in [-0.1, -0.05) is 36.4 Å². The van der Waals surface area contributed by atoms with Crippen molar-refractivity contribution in [2.75, 3.05) is 6.61 Å². The summed E-state index contributed by atoms with van der Waals surface area (Å²) >= 11 is 0. The number of esters is 1. The Hall–Kier alpha value is -2.75. The monoisotopic (exact) mass is 278 g/mol. The Labute approximate surface area is 122 Å². The first-order valence-electron chi connectivity index (χ1n) is 6.77. The minimum Gasteiger partial charge on any atom is -0.461 e. The predicted molar refractivity (Wildman–Crippen MR) is 80.9 cm³/mol. The third-order valence-corrected chi connectivity index (χ3v) is 3.15. The Morgan fingerprint density at radius 3 is 2.71 bits per heavy atom. The van der Waals surface area contributed by atoms with E-state index in [2.05, 4.69) is 16.0 Å². The summed E-state index contributed by atoms with van der Waals surface area (Å²) in [5, 5.41) is 2.27. The van der Waals surface area contributed by atoms with E-state index in [1.165, 1.54) is 0 Å². The molecule has 0 spiro atoms. The average Bonchev–Trinajstić information content (AvgIpc) is 2.55. The van der Waals surface area contributed by atoms with E-state index in [9.17, 15) is 4.79 Å². The zero-order valence-electron chi connectivity index (χ0n) is 11.6. The van der Waals surface area contributed by atoms with Crippen LogP contribution in [0.15, 0.2) is 54.7 Å². The van der Waals surface area contributed by atoms with Gasteiger partial charge in [0, 0.05) is 11.8 Å². The molecular weight excluding hydrogens is 264 g/mol. The second kappa shape index (κ2) is 5.71. The van der Waals surface area contributed by atoms with E-state index in [1.54, 1.807) is 19.2 Å². The maximum absolute atomic E-state index is 11.7. The van der Waals surface area contributed by atoms with Gasteiger partial charge in [-0.15, -0.1) is 0 Å². The molecule has 1 aromatic heterocycles. The number of carbonyl (C=O) groups is 1. The van der Waals surface area contributed by atoms with Crippen molar-refractivity contribution in [1.29, 1.82) is 0 Å². The first-order valence-corrected chi connectivity index (χ1v) is 6.77. The molecule has 0 aliphatic carbocycles. The molecule has 0 amide bonds. The minimum atomic E-state index is -0.429. The summed E-state index contributed by atoms with van der Waals surface area (Å²) in [4.78, 5) is 20.3. The molecule has 104 valence electrons. The van der Waals surface area contributed by atoms with Crippen LogP contribution in [0, 0.1) is 0 Å². The molecule has 0 aliphatic heterocycles. The Morgan fingerprint density at radius 2 is 1.90 bits per heavy atom. The van der Waals surface area contributed by atoms with Crippen LogP contribution in [0.2, 0.25) is 0 Å². The molecule has 1 heterocycles. The SMILES string of the molecule is CCOC(=O)c1ccnc(-c2ccc3ccccc3c2)n1. The van der Waals surface area contributed by atoms with Crippen molar-refractivity contribution in [3.63, 3.8) is 0 Å². The molecule has 0 aliphatic rings. The minimum absolute atomic E-state index is 0.273. The summed E-state index contributed by atoms with van der Waals surface area (Å²) in [6.07, 6.45) is 1.57. The highest BCUT2D eigenvalue weighted by atomic mass is 16.5. The van der Waals surface area contributed by atoms with E-state index in [0.29, 0.717) is 12.4 Å². The van der Waals surface area contributed by atoms with Crippen molar-refractivity contribution in [2.24, 2.45) is 0 Å². The zero-order valence-corrected chi connectivity index (χ0v) is 11.6. The molecule has 4 nitrogen and oxygen atoms in total. The molecule has 4 heteroatoms. The number of fused-ring (bicyclic) bond motifs is 1. The summed E-state index contributed by atoms with van der Waals surface area (Å²) in [6.45, 7) is 2.09. The third kappa shape index (κ3) is 2.74. The molecule has 3 aromatic rings. The van der Waals surface area contributed by atoms with E-state index < -0.39 is 5.97 Å². The molecule has 0 atom stereocenters. The van der Waals surface area contributed by atoms with Gasteiger partial charge in [0.1, 0.15) is 0 Å². The van der Waals surface area contributed by atoms with Crippen LogP contribution in [0.3, 0.4) is 0 Å². The van der Waals surface area contributed by atoms with Crippen LogP contribution >= 0.6 is 0 Å². The van der Waals surface area contributed by atoms with E-state index in [-0.39, 0.29) is 5.69 Å². The van der Waals surface area contributed by atoms with Gasteiger partial charge >= 0.3 is 5.97 Å². The Bertz CT molecular complexity index is 799. The van der Waals surface area contributed by atoms with E-state index in [4.69, 9.17) is 4.74 Å². The standard InChI is InChI=1S/C17H14N2O2/c1-2-21-17(20)15-9-10-18-16(19-15)14-8-7-12-5-3-4-6-13(12)11-14/h3-11H,2H2,1H3. The lowest BCUT2D eigenvalue weighted by molar-refractivity contribution is 0.0519. The van der Waals surface area contributed by atoms with Gasteiger partial charge in [-0.05, 0) is 29.8 Å². The lowest BCUT2D eigenvalue weighted by Gasteiger charge is -2.05. The van der Waals surface area contributed by atoms with Gasteiger partial charge in [0.25, 0.3) is 0 Å². The summed E-state index contributed by atoms with van der Waals surface area (Å²) in [5.74, 6) is 0.0910. The Kier molecular flexibility index (Phi) is 3.60. The third-order valence-electron chi connectivity index (χ3n) is 3.15. The molecule has 0 N–H and O–H groups in total. The van der Waals surface area contributed by atoms with Crippen LogP contribution in [0.1, 0.15) is 17.4 Å². The Balaban J connectivity index is 2.02. The summed E-state index contributed by atoms with van der Waals surface area (Å²) < 4.78 is 4.96. The van der Waals surface area contributed by atoms with Gasteiger partial charge in [-0.2, -0.15) is 0 Å². The number of nitrogens with zero attached hydrogens (tertiary/aromatic N) is 2. The number of hydrogen-bond acceptors (Lipinski definition) is 4. The predicted octanol–water partition coefficient (Wildman–Crippen LogP) is 3.47. The van der Waals surface area contributed by atoms with Gasteiger partial charge < -0.3 is 4.74 Å².